The lowest BCUT2D eigenvalue weighted by Gasteiger charge is -2.28. The Hall–Kier alpha value is -2.05. The van der Waals surface area contributed by atoms with Crippen LogP contribution < -0.4 is 5.32 Å². The molecule has 21 heavy (non-hydrogen) atoms. The van der Waals surface area contributed by atoms with Gasteiger partial charge in [-0.2, -0.15) is 0 Å². The van der Waals surface area contributed by atoms with Crippen molar-refractivity contribution in [2.45, 2.75) is 27.2 Å². The number of hydrogen-bond donors (Lipinski definition) is 2. The van der Waals surface area contributed by atoms with E-state index >= 15 is 0 Å². The molecule has 1 atom stereocenters. The van der Waals surface area contributed by atoms with Gasteiger partial charge < -0.3 is 10.4 Å². The largest absolute Gasteiger partial charge is 0.481 e. The van der Waals surface area contributed by atoms with Gasteiger partial charge in [0.25, 0.3) is 0 Å². The Morgan fingerprint density at radius 1 is 1.24 bits per heavy atom. The fraction of sp³-hybridized carbons (Fsp3) is 0.429. The fourth-order valence-electron chi connectivity index (χ4n) is 1.71. The highest BCUT2D eigenvalue weighted by molar-refractivity contribution is 5.94. The summed E-state index contributed by atoms with van der Waals surface area (Å²) in [5, 5.41) is 11.1. The first kappa shape index (κ1) is 17.0. The molecule has 0 heterocycles. The van der Waals surface area contributed by atoms with E-state index in [0.717, 1.165) is 0 Å². The molecule has 116 valence electrons. The second-order valence-electron chi connectivity index (χ2n) is 5.35. The zero-order valence-electron chi connectivity index (χ0n) is 11.8. The van der Waals surface area contributed by atoms with Crippen LogP contribution in [0, 0.1) is 28.8 Å². The molecule has 0 spiro atoms. The first-order chi connectivity index (χ1) is 9.57. The lowest BCUT2D eigenvalue weighted by Crippen LogP contribution is -2.37. The van der Waals surface area contributed by atoms with Crippen LogP contribution in [0.15, 0.2) is 12.1 Å². The van der Waals surface area contributed by atoms with Gasteiger partial charge in [-0.05, 0) is 12.8 Å². The summed E-state index contributed by atoms with van der Waals surface area (Å²) in [7, 11) is 0. The monoisotopic (exact) mass is 303 g/mol. The Balaban J connectivity index is 2.95. The third-order valence-electron chi connectivity index (χ3n) is 3.56. The van der Waals surface area contributed by atoms with Crippen LogP contribution in [0.25, 0.3) is 0 Å². The number of carbonyl (C=O) groups excluding carboxylic acids is 1. The van der Waals surface area contributed by atoms with Gasteiger partial charge in [0.15, 0.2) is 11.6 Å². The average Bonchev–Trinajstić information content (AvgIpc) is 2.33. The molecule has 2 N–H and O–H groups in total. The number of nitrogens with one attached hydrogen (secondary N) is 1. The summed E-state index contributed by atoms with van der Waals surface area (Å²) in [4.78, 5) is 23.1. The second-order valence-corrected chi connectivity index (χ2v) is 5.35. The molecule has 1 rings (SSSR count). The molecule has 0 bridgehead atoms. The number of hydrogen-bond acceptors (Lipinski definition) is 2. The lowest BCUT2D eigenvalue weighted by atomic mass is 9.76. The van der Waals surface area contributed by atoms with Crippen LogP contribution in [0.4, 0.5) is 18.9 Å². The van der Waals surface area contributed by atoms with Crippen molar-refractivity contribution in [3.63, 3.8) is 0 Å². The Kier molecular flexibility index (Phi) is 4.98. The third-order valence-corrected chi connectivity index (χ3v) is 3.56. The van der Waals surface area contributed by atoms with E-state index in [9.17, 15) is 27.9 Å². The van der Waals surface area contributed by atoms with E-state index in [-0.39, 0.29) is 5.92 Å². The number of carbonyl (C=O) groups is 2. The minimum Gasteiger partial charge on any atom is -0.481 e. The van der Waals surface area contributed by atoms with Crippen LogP contribution in [0.3, 0.4) is 0 Å². The van der Waals surface area contributed by atoms with Crippen LogP contribution in [-0.2, 0) is 9.59 Å². The fourth-order valence-corrected chi connectivity index (χ4v) is 1.71. The molecule has 1 aromatic carbocycles. The van der Waals surface area contributed by atoms with Crippen LogP contribution in [-0.4, -0.2) is 17.0 Å². The smallest absolute Gasteiger partial charge is 0.310 e. The quantitative estimate of drug-likeness (QED) is 0.878. The average molecular weight is 303 g/mol. The first-order valence-corrected chi connectivity index (χ1v) is 6.25. The van der Waals surface area contributed by atoms with Crippen molar-refractivity contribution in [2.75, 3.05) is 5.32 Å². The van der Waals surface area contributed by atoms with Gasteiger partial charge in [0.05, 0.1) is 5.41 Å². The van der Waals surface area contributed by atoms with Crippen molar-refractivity contribution in [3.05, 3.63) is 29.6 Å². The number of rotatable bonds is 5. The molecule has 0 saturated heterocycles. The van der Waals surface area contributed by atoms with E-state index in [2.05, 4.69) is 0 Å². The molecular formula is C14H16F3NO3. The van der Waals surface area contributed by atoms with Gasteiger partial charge in [-0.1, -0.05) is 13.8 Å². The maximum atomic E-state index is 13.4. The molecule has 0 fully saturated rings. The van der Waals surface area contributed by atoms with Crippen LogP contribution >= 0.6 is 0 Å². The van der Waals surface area contributed by atoms with Gasteiger partial charge in [0.2, 0.25) is 5.91 Å². The highest BCUT2D eigenvalue weighted by Gasteiger charge is 2.39. The molecule has 0 aromatic heterocycles. The van der Waals surface area contributed by atoms with Crippen LogP contribution in [0.2, 0.25) is 0 Å². The maximum absolute atomic E-state index is 13.4. The van der Waals surface area contributed by atoms with Crippen molar-refractivity contribution >= 4 is 17.6 Å². The van der Waals surface area contributed by atoms with E-state index in [0.29, 0.717) is 12.1 Å². The van der Waals surface area contributed by atoms with Crippen LogP contribution in [0.5, 0.6) is 0 Å². The third kappa shape index (κ3) is 3.74. The number of anilines is 1. The summed E-state index contributed by atoms with van der Waals surface area (Å²) in [5.41, 5.74) is -2.17. The Morgan fingerprint density at radius 2 is 1.71 bits per heavy atom. The predicted molar refractivity (Wildman–Crippen MR) is 70.1 cm³/mol. The number of aliphatic carboxylic acids is 1. The van der Waals surface area contributed by atoms with E-state index in [1.807, 2.05) is 5.32 Å². The topological polar surface area (TPSA) is 66.4 Å². The van der Waals surface area contributed by atoms with E-state index in [4.69, 9.17) is 0 Å². The normalized spacial score (nSPS) is 13.9. The molecule has 1 unspecified atom stereocenters. The van der Waals surface area contributed by atoms with Gasteiger partial charge in [-0.15, -0.1) is 0 Å². The maximum Gasteiger partial charge on any atom is 0.310 e. The Bertz CT molecular complexity index is 552. The Labute approximate surface area is 120 Å². The summed E-state index contributed by atoms with van der Waals surface area (Å²) in [5.74, 6) is -6.06. The van der Waals surface area contributed by atoms with Crippen molar-refractivity contribution in [2.24, 2.45) is 11.3 Å². The van der Waals surface area contributed by atoms with Gasteiger partial charge >= 0.3 is 5.97 Å². The van der Waals surface area contributed by atoms with Gasteiger partial charge in [0.1, 0.15) is 11.5 Å². The number of carboxylic acids is 1. The molecule has 0 aliphatic carbocycles. The van der Waals surface area contributed by atoms with Crippen molar-refractivity contribution in [1.29, 1.82) is 0 Å². The predicted octanol–water partition coefficient (Wildman–Crippen LogP) is 3.18. The highest BCUT2D eigenvalue weighted by atomic mass is 19.1. The minimum atomic E-state index is -1.38. The first-order valence-electron chi connectivity index (χ1n) is 6.25. The zero-order chi connectivity index (χ0) is 16.4. The molecule has 7 heteroatoms. The molecule has 0 radical (unpaired) electrons. The molecule has 1 aromatic rings. The number of carboxylic acid groups (broad SMARTS) is 1. The summed E-state index contributed by atoms with van der Waals surface area (Å²) in [6, 6.07) is 0.856. The number of halogens is 3. The summed E-state index contributed by atoms with van der Waals surface area (Å²) in [6.07, 6.45) is -0.462. The van der Waals surface area contributed by atoms with E-state index in [1.165, 1.54) is 6.92 Å². The van der Waals surface area contributed by atoms with Crippen molar-refractivity contribution in [1.82, 2.24) is 0 Å². The summed E-state index contributed by atoms with van der Waals surface area (Å²) in [6.45, 7) is 4.62. The van der Waals surface area contributed by atoms with Gasteiger partial charge in [0, 0.05) is 18.6 Å². The summed E-state index contributed by atoms with van der Waals surface area (Å²) < 4.78 is 39.6. The number of benzene rings is 1. The lowest BCUT2D eigenvalue weighted by molar-refractivity contribution is -0.153. The minimum absolute atomic E-state index is 0.372. The van der Waals surface area contributed by atoms with Crippen molar-refractivity contribution in [3.8, 4) is 0 Å². The van der Waals surface area contributed by atoms with Gasteiger partial charge in [-0.25, -0.2) is 13.2 Å². The van der Waals surface area contributed by atoms with Crippen molar-refractivity contribution < 1.29 is 27.9 Å². The SMILES string of the molecule is CC(C)C(C)(CC(=O)Nc1c(F)cc(F)cc1F)C(=O)O. The molecule has 4 nitrogen and oxygen atoms in total. The standard InChI is InChI=1S/C14H16F3NO3/c1-7(2)14(3,13(20)21)6-11(19)18-12-9(16)4-8(15)5-10(12)17/h4-5,7H,6H2,1-3H3,(H,18,19)(H,20,21). The number of amides is 1. The molecule has 0 saturated carbocycles. The molecule has 1 amide bonds. The zero-order valence-corrected chi connectivity index (χ0v) is 11.8. The van der Waals surface area contributed by atoms with E-state index < -0.39 is 46.9 Å². The Morgan fingerprint density at radius 3 is 2.10 bits per heavy atom. The van der Waals surface area contributed by atoms with Gasteiger partial charge in [-0.3, -0.25) is 9.59 Å². The van der Waals surface area contributed by atoms with Crippen LogP contribution in [0.1, 0.15) is 27.2 Å². The molecular weight excluding hydrogens is 287 g/mol. The van der Waals surface area contributed by atoms with E-state index in [1.54, 1.807) is 13.8 Å². The highest BCUT2D eigenvalue weighted by Crippen LogP contribution is 2.32. The summed E-state index contributed by atoms with van der Waals surface area (Å²) >= 11 is 0. The molecule has 0 aliphatic heterocycles. The second kappa shape index (κ2) is 6.15. The molecule has 0 aliphatic rings.